The molecule has 0 bridgehead atoms. The monoisotopic (exact) mass is 298 g/mol. The number of fused-ring (bicyclic) bond motifs is 1. The maximum absolute atomic E-state index is 2.43. The fraction of sp³-hybridized carbons (Fsp3) is 0.421. The van der Waals surface area contributed by atoms with E-state index < -0.39 is 0 Å². The number of rotatable bonds is 2. The molecule has 2 aromatic rings. The molecule has 1 aromatic heterocycles. The number of para-hydroxylation sites is 1. The smallest absolute Gasteiger partial charge is 0.182 e. The van der Waals surface area contributed by atoms with E-state index in [0.29, 0.717) is 5.41 Å². The molecule has 0 N–H and O–H groups in total. The topological polar surface area (TPSA) is 3.88 Å². The van der Waals surface area contributed by atoms with E-state index >= 15 is 0 Å². The Morgan fingerprint density at radius 3 is 2.71 bits per heavy atom. The molecule has 1 heterocycles. The van der Waals surface area contributed by atoms with Gasteiger partial charge in [-0.15, -0.1) is 0 Å². The van der Waals surface area contributed by atoms with Crippen LogP contribution in [0, 0.1) is 5.41 Å². The van der Waals surface area contributed by atoms with Crippen molar-refractivity contribution in [1.82, 2.24) is 0 Å². The number of benzene rings is 1. The van der Waals surface area contributed by atoms with Crippen molar-refractivity contribution in [3.8, 4) is 0 Å². The lowest BCUT2D eigenvalue weighted by Crippen LogP contribution is -2.33. The maximum atomic E-state index is 2.43. The van der Waals surface area contributed by atoms with Crippen LogP contribution in [0.2, 0.25) is 0 Å². The van der Waals surface area contributed by atoms with Crippen molar-refractivity contribution < 1.29 is 4.57 Å². The molecule has 0 atom stereocenters. The van der Waals surface area contributed by atoms with Crippen molar-refractivity contribution in [2.75, 3.05) is 0 Å². The molecule has 0 unspecified atom stereocenters. The van der Waals surface area contributed by atoms with Gasteiger partial charge < -0.3 is 0 Å². The molecule has 2 heteroatoms. The summed E-state index contributed by atoms with van der Waals surface area (Å²) >= 11 is 1.90. The standard InChI is InChI=1S/C19H24NS/c1-5-20-16-8-6-7-9-17(16)21-18(20)11-15-10-14(2)12-19(3,4)13-15/h6-11H,5,12-13H2,1-4H3/q+1/b15-11-. The van der Waals surface area contributed by atoms with Crippen LogP contribution in [0.5, 0.6) is 0 Å². The average molecular weight is 298 g/mol. The number of hydrogen-bond acceptors (Lipinski definition) is 1. The van der Waals surface area contributed by atoms with E-state index in [2.05, 4.69) is 68.7 Å². The van der Waals surface area contributed by atoms with Gasteiger partial charge >= 0.3 is 0 Å². The first-order chi connectivity index (χ1) is 9.98. The SMILES string of the molecule is CC[n+]1c(/C=C2/C=C(C)CC(C)(C)C2)sc2ccccc21. The van der Waals surface area contributed by atoms with Crippen LogP contribution in [0.3, 0.4) is 0 Å². The van der Waals surface area contributed by atoms with Gasteiger partial charge in [0.2, 0.25) is 5.52 Å². The Bertz CT molecular complexity index is 731. The van der Waals surface area contributed by atoms with Gasteiger partial charge in [-0.25, -0.2) is 0 Å². The van der Waals surface area contributed by atoms with Crippen molar-refractivity contribution in [2.45, 2.75) is 47.1 Å². The van der Waals surface area contributed by atoms with Gasteiger partial charge in [-0.2, -0.15) is 4.57 Å². The maximum Gasteiger partial charge on any atom is 0.263 e. The third kappa shape index (κ3) is 2.96. The van der Waals surface area contributed by atoms with E-state index in [4.69, 9.17) is 0 Å². The highest BCUT2D eigenvalue weighted by Crippen LogP contribution is 2.38. The van der Waals surface area contributed by atoms with E-state index in [1.165, 1.54) is 39.2 Å². The first-order valence-electron chi connectivity index (χ1n) is 7.78. The summed E-state index contributed by atoms with van der Waals surface area (Å²) in [5, 5.41) is 1.37. The third-order valence-corrected chi connectivity index (χ3v) is 5.25. The highest BCUT2D eigenvalue weighted by atomic mass is 32.1. The minimum absolute atomic E-state index is 0.387. The number of aryl methyl sites for hydroxylation is 1. The van der Waals surface area contributed by atoms with Gasteiger partial charge in [0, 0.05) is 12.1 Å². The molecule has 1 nitrogen and oxygen atoms in total. The van der Waals surface area contributed by atoms with Gasteiger partial charge in [-0.05, 0) is 43.7 Å². The predicted molar refractivity (Wildman–Crippen MR) is 92.4 cm³/mol. The van der Waals surface area contributed by atoms with E-state index in [1.807, 2.05) is 11.3 Å². The second kappa shape index (κ2) is 5.42. The molecule has 21 heavy (non-hydrogen) atoms. The quantitative estimate of drug-likeness (QED) is 0.657. The van der Waals surface area contributed by atoms with Crippen LogP contribution in [-0.4, -0.2) is 0 Å². The third-order valence-electron chi connectivity index (χ3n) is 4.13. The summed E-state index contributed by atoms with van der Waals surface area (Å²) < 4.78 is 3.81. The second-order valence-electron chi connectivity index (χ2n) is 6.88. The summed E-state index contributed by atoms with van der Waals surface area (Å²) in [7, 11) is 0. The van der Waals surface area contributed by atoms with Crippen LogP contribution in [0.1, 0.15) is 45.5 Å². The first-order valence-corrected chi connectivity index (χ1v) is 8.59. The molecule has 1 aromatic carbocycles. The molecule has 0 spiro atoms. The molecule has 0 radical (unpaired) electrons. The Hall–Kier alpha value is -1.41. The highest BCUT2D eigenvalue weighted by Gasteiger charge is 2.25. The van der Waals surface area contributed by atoms with Crippen LogP contribution in [0.15, 0.2) is 41.5 Å². The Kier molecular flexibility index (Phi) is 3.75. The van der Waals surface area contributed by atoms with E-state index in [9.17, 15) is 0 Å². The largest absolute Gasteiger partial charge is 0.263 e. The minimum atomic E-state index is 0.387. The normalized spacial score (nSPS) is 20.0. The van der Waals surface area contributed by atoms with E-state index in [-0.39, 0.29) is 0 Å². The zero-order valence-electron chi connectivity index (χ0n) is 13.4. The first kappa shape index (κ1) is 14.5. The van der Waals surface area contributed by atoms with Gasteiger partial charge in [0.1, 0.15) is 11.2 Å². The van der Waals surface area contributed by atoms with Gasteiger partial charge in [0.05, 0.1) is 0 Å². The molecule has 3 rings (SSSR count). The zero-order chi connectivity index (χ0) is 15.0. The molecule has 0 fully saturated rings. The van der Waals surface area contributed by atoms with Gasteiger partial charge in [0.15, 0.2) is 0 Å². The van der Waals surface area contributed by atoms with Gasteiger partial charge in [-0.1, -0.05) is 49.0 Å². The molecule has 1 aliphatic carbocycles. The molecular weight excluding hydrogens is 274 g/mol. The molecule has 0 amide bonds. The Morgan fingerprint density at radius 2 is 2.00 bits per heavy atom. The van der Waals surface area contributed by atoms with Crippen LogP contribution < -0.4 is 4.57 Å². The number of nitrogens with zero attached hydrogens (tertiary/aromatic N) is 1. The zero-order valence-corrected chi connectivity index (χ0v) is 14.3. The number of aromatic nitrogens is 1. The lowest BCUT2D eigenvalue weighted by Gasteiger charge is -2.29. The van der Waals surface area contributed by atoms with Crippen LogP contribution >= 0.6 is 11.3 Å². The van der Waals surface area contributed by atoms with Crippen LogP contribution in [0.25, 0.3) is 16.3 Å². The van der Waals surface area contributed by atoms with Crippen LogP contribution in [0.4, 0.5) is 0 Å². The van der Waals surface area contributed by atoms with Gasteiger partial charge in [-0.3, -0.25) is 0 Å². The molecule has 0 saturated carbocycles. The summed E-state index contributed by atoms with van der Waals surface area (Å²) in [6, 6.07) is 8.71. The summed E-state index contributed by atoms with van der Waals surface area (Å²) in [6.07, 6.45) is 7.17. The second-order valence-corrected chi connectivity index (χ2v) is 7.94. The fourth-order valence-corrected chi connectivity index (χ4v) is 4.73. The number of allylic oxidation sites excluding steroid dienone is 3. The van der Waals surface area contributed by atoms with Crippen molar-refractivity contribution in [1.29, 1.82) is 0 Å². The van der Waals surface area contributed by atoms with Crippen molar-refractivity contribution in [3.63, 3.8) is 0 Å². The lowest BCUT2D eigenvalue weighted by molar-refractivity contribution is -0.665. The molecule has 0 aliphatic heterocycles. The summed E-state index contributed by atoms with van der Waals surface area (Å²) in [5.74, 6) is 0. The van der Waals surface area contributed by atoms with Crippen molar-refractivity contribution >= 4 is 27.6 Å². The Balaban J connectivity index is 2.09. The average Bonchev–Trinajstić information content (AvgIpc) is 2.73. The van der Waals surface area contributed by atoms with Crippen molar-refractivity contribution in [2.24, 2.45) is 5.41 Å². The highest BCUT2D eigenvalue weighted by molar-refractivity contribution is 7.18. The van der Waals surface area contributed by atoms with E-state index in [1.54, 1.807) is 0 Å². The lowest BCUT2D eigenvalue weighted by atomic mass is 9.75. The van der Waals surface area contributed by atoms with Gasteiger partial charge in [0.25, 0.3) is 5.01 Å². The predicted octanol–water partition coefficient (Wildman–Crippen LogP) is 5.36. The fourth-order valence-electron chi connectivity index (χ4n) is 3.53. The Morgan fingerprint density at radius 1 is 1.24 bits per heavy atom. The summed E-state index contributed by atoms with van der Waals surface area (Å²) in [6.45, 7) is 10.3. The summed E-state index contributed by atoms with van der Waals surface area (Å²) in [5.41, 5.74) is 4.71. The van der Waals surface area contributed by atoms with Crippen LogP contribution in [-0.2, 0) is 6.54 Å². The Labute approximate surface area is 131 Å². The van der Waals surface area contributed by atoms with Crippen molar-refractivity contribution in [3.05, 3.63) is 46.5 Å². The number of hydrogen-bond donors (Lipinski definition) is 0. The summed E-state index contributed by atoms with van der Waals surface area (Å²) in [4.78, 5) is 0. The number of thiazole rings is 1. The molecule has 110 valence electrons. The molecular formula is C19H24NS+. The molecule has 0 saturated heterocycles. The minimum Gasteiger partial charge on any atom is -0.182 e. The van der Waals surface area contributed by atoms with E-state index in [0.717, 1.165) is 6.54 Å². The molecule has 1 aliphatic rings.